The Kier molecular flexibility index (Phi) is 5.02. The van der Waals surface area contributed by atoms with E-state index in [0.29, 0.717) is 5.56 Å². The predicted octanol–water partition coefficient (Wildman–Crippen LogP) is 3.75. The first-order valence-corrected chi connectivity index (χ1v) is 7.59. The van der Waals surface area contributed by atoms with Gasteiger partial charge in [-0.15, -0.1) is 0 Å². The summed E-state index contributed by atoms with van der Waals surface area (Å²) in [6.07, 6.45) is 0. The fourth-order valence-electron chi connectivity index (χ4n) is 2.22. The van der Waals surface area contributed by atoms with Crippen molar-refractivity contribution >= 4 is 11.9 Å². The van der Waals surface area contributed by atoms with E-state index in [4.69, 9.17) is 5.11 Å². The van der Waals surface area contributed by atoms with E-state index in [1.165, 1.54) is 12.1 Å². The van der Waals surface area contributed by atoms with Crippen molar-refractivity contribution in [2.24, 2.45) is 0 Å². The van der Waals surface area contributed by atoms with Crippen LogP contribution in [-0.4, -0.2) is 17.0 Å². The van der Waals surface area contributed by atoms with E-state index in [2.05, 4.69) is 26.1 Å². The number of nitrogens with one attached hydrogen (secondary N) is 1. The molecule has 0 heterocycles. The third-order valence-corrected chi connectivity index (χ3v) is 3.75. The van der Waals surface area contributed by atoms with Gasteiger partial charge in [-0.1, -0.05) is 39.0 Å². The van der Waals surface area contributed by atoms with Crippen LogP contribution in [0.2, 0.25) is 0 Å². The Bertz CT molecular complexity index is 761. The average Bonchev–Trinajstić information content (AvgIpc) is 2.52. The minimum Gasteiger partial charge on any atom is -0.478 e. The minimum atomic E-state index is -1.19. The standard InChI is InChI=1S/C19H20FNO3/c1-19(2,3)15-8-6-12(7-9-15)17(22)21-11-14-5-4-13(18(23)24)10-16(14)20/h4-10H,11H2,1-3H3,(H,21,22)(H,23,24). The Morgan fingerprint density at radius 3 is 2.12 bits per heavy atom. The van der Waals surface area contributed by atoms with Gasteiger partial charge < -0.3 is 10.4 Å². The first-order valence-electron chi connectivity index (χ1n) is 7.59. The lowest BCUT2D eigenvalue weighted by Crippen LogP contribution is -2.23. The highest BCUT2D eigenvalue weighted by molar-refractivity contribution is 5.94. The van der Waals surface area contributed by atoms with Gasteiger partial charge in [0, 0.05) is 17.7 Å². The highest BCUT2D eigenvalue weighted by Gasteiger charge is 2.15. The van der Waals surface area contributed by atoms with E-state index in [1.54, 1.807) is 12.1 Å². The van der Waals surface area contributed by atoms with Crippen LogP contribution in [0.1, 0.15) is 52.6 Å². The first kappa shape index (κ1) is 17.7. The smallest absolute Gasteiger partial charge is 0.335 e. The average molecular weight is 329 g/mol. The fraction of sp³-hybridized carbons (Fsp3) is 0.263. The van der Waals surface area contributed by atoms with E-state index >= 15 is 0 Å². The van der Waals surface area contributed by atoms with Crippen LogP contribution in [0.3, 0.4) is 0 Å². The third-order valence-electron chi connectivity index (χ3n) is 3.75. The van der Waals surface area contributed by atoms with E-state index in [1.807, 2.05) is 12.1 Å². The number of carbonyl (C=O) groups excluding carboxylic acids is 1. The second-order valence-electron chi connectivity index (χ2n) is 6.62. The number of carbonyl (C=O) groups is 2. The summed E-state index contributed by atoms with van der Waals surface area (Å²) in [4.78, 5) is 22.9. The van der Waals surface area contributed by atoms with Crippen LogP contribution in [0, 0.1) is 5.82 Å². The quantitative estimate of drug-likeness (QED) is 0.898. The maximum absolute atomic E-state index is 13.8. The van der Waals surface area contributed by atoms with Crippen LogP contribution in [0.4, 0.5) is 4.39 Å². The molecule has 0 saturated carbocycles. The molecule has 0 fully saturated rings. The second kappa shape index (κ2) is 6.83. The molecule has 0 unspecified atom stereocenters. The molecule has 24 heavy (non-hydrogen) atoms. The highest BCUT2D eigenvalue weighted by atomic mass is 19.1. The molecule has 0 radical (unpaired) electrons. The SMILES string of the molecule is CC(C)(C)c1ccc(C(=O)NCc2ccc(C(=O)O)cc2F)cc1. The molecule has 0 aliphatic rings. The molecular weight excluding hydrogens is 309 g/mol. The largest absolute Gasteiger partial charge is 0.478 e. The zero-order valence-electron chi connectivity index (χ0n) is 13.9. The van der Waals surface area contributed by atoms with Crippen LogP contribution in [0.25, 0.3) is 0 Å². The predicted molar refractivity (Wildman–Crippen MR) is 89.7 cm³/mol. The van der Waals surface area contributed by atoms with Crippen molar-refractivity contribution in [3.8, 4) is 0 Å². The lowest BCUT2D eigenvalue weighted by molar-refractivity contribution is 0.0696. The molecule has 2 aromatic rings. The number of halogens is 1. The van der Waals surface area contributed by atoms with Gasteiger partial charge in [-0.05, 0) is 35.2 Å². The topological polar surface area (TPSA) is 66.4 Å². The Morgan fingerprint density at radius 2 is 1.62 bits per heavy atom. The molecule has 0 atom stereocenters. The first-order chi connectivity index (χ1) is 11.2. The highest BCUT2D eigenvalue weighted by Crippen LogP contribution is 2.22. The molecule has 0 bridgehead atoms. The molecule has 2 N–H and O–H groups in total. The van der Waals surface area contributed by atoms with Gasteiger partial charge in [0.15, 0.2) is 0 Å². The van der Waals surface area contributed by atoms with E-state index in [-0.39, 0.29) is 29.0 Å². The third kappa shape index (κ3) is 4.19. The molecule has 0 aliphatic heterocycles. The number of benzene rings is 2. The second-order valence-corrected chi connectivity index (χ2v) is 6.62. The van der Waals surface area contributed by atoms with Gasteiger partial charge in [-0.3, -0.25) is 4.79 Å². The number of aromatic carboxylic acids is 1. The Balaban J connectivity index is 2.04. The van der Waals surface area contributed by atoms with Gasteiger partial charge >= 0.3 is 5.97 Å². The summed E-state index contributed by atoms with van der Waals surface area (Å²) in [5.41, 5.74) is 1.73. The maximum Gasteiger partial charge on any atom is 0.335 e. The monoisotopic (exact) mass is 329 g/mol. The molecule has 0 aromatic heterocycles. The van der Waals surface area contributed by atoms with E-state index < -0.39 is 11.8 Å². The zero-order chi connectivity index (χ0) is 17.9. The zero-order valence-corrected chi connectivity index (χ0v) is 13.9. The summed E-state index contributed by atoms with van der Waals surface area (Å²) in [5.74, 6) is -2.15. The number of hydrogen-bond acceptors (Lipinski definition) is 2. The van der Waals surface area contributed by atoms with Crippen molar-refractivity contribution in [2.75, 3.05) is 0 Å². The summed E-state index contributed by atoms with van der Waals surface area (Å²) < 4.78 is 13.8. The van der Waals surface area contributed by atoms with Crippen LogP contribution >= 0.6 is 0 Å². The number of carboxylic acids is 1. The van der Waals surface area contributed by atoms with Crippen LogP contribution < -0.4 is 5.32 Å². The Morgan fingerprint density at radius 1 is 1.04 bits per heavy atom. The summed E-state index contributed by atoms with van der Waals surface area (Å²) in [7, 11) is 0. The number of rotatable bonds is 4. The van der Waals surface area contributed by atoms with Crippen LogP contribution in [-0.2, 0) is 12.0 Å². The van der Waals surface area contributed by atoms with Crippen LogP contribution in [0.15, 0.2) is 42.5 Å². The van der Waals surface area contributed by atoms with Crippen molar-refractivity contribution in [1.29, 1.82) is 0 Å². The number of amides is 1. The van der Waals surface area contributed by atoms with Gasteiger partial charge in [0.05, 0.1) is 5.56 Å². The van der Waals surface area contributed by atoms with Gasteiger partial charge in [0.25, 0.3) is 5.91 Å². The molecule has 1 amide bonds. The summed E-state index contributed by atoms with van der Waals surface area (Å²) >= 11 is 0. The maximum atomic E-state index is 13.8. The molecule has 2 rings (SSSR count). The molecule has 0 aliphatic carbocycles. The minimum absolute atomic E-state index is 0.00399. The molecule has 2 aromatic carbocycles. The lowest BCUT2D eigenvalue weighted by atomic mass is 9.87. The molecular formula is C19H20FNO3. The van der Waals surface area contributed by atoms with Crippen molar-refractivity contribution in [3.63, 3.8) is 0 Å². The fourth-order valence-corrected chi connectivity index (χ4v) is 2.22. The van der Waals surface area contributed by atoms with Crippen molar-refractivity contribution in [2.45, 2.75) is 32.7 Å². The summed E-state index contributed by atoms with van der Waals surface area (Å²) in [5, 5.41) is 11.4. The van der Waals surface area contributed by atoms with Crippen molar-refractivity contribution < 1.29 is 19.1 Å². The van der Waals surface area contributed by atoms with Crippen molar-refractivity contribution in [3.05, 3.63) is 70.5 Å². The normalized spacial score (nSPS) is 11.2. The molecule has 126 valence electrons. The number of hydrogen-bond donors (Lipinski definition) is 2. The molecule has 0 saturated heterocycles. The molecule has 4 nitrogen and oxygen atoms in total. The van der Waals surface area contributed by atoms with E-state index in [9.17, 15) is 14.0 Å². The lowest BCUT2D eigenvalue weighted by Gasteiger charge is -2.19. The van der Waals surface area contributed by atoms with Crippen molar-refractivity contribution in [1.82, 2.24) is 5.32 Å². The van der Waals surface area contributed by atoms with Gasteiger partial charge in [-0.25, -0.2) is 9.18 Å². The molecule has 0 spiro atoms. The Labute approximate surface area is 140 Å². The summed E-state index contributed by atoms with van der Waals surface area (Å²) in [6, 6.07) is 10.9. The van der Waals surface area contributed by atoms with Crippen LogP contribution in [0.5, 0.6) is 0 Å². The van der Waals surface area contributed by atoms with Gasteiger partial charge in [0.1, 0.15) is 5.82 Å². The van der Waals surface area contributed by atoms with E-state index in [0.717, 1.165) is 11.6 Å². The van der Waals surface area contributed by atoms with Gasteiger partial charge in [-0.2, -0.15) is 0 Å². The molecule has 5 heteroatoms. The Hall–Kier alpha value is -2.69. The number of carboxylic acid groups (broad SMARTS) is 1. The summed E-state index contributed by atoms with van der Waals surface area (Å²) in [6.45, 7) is 6.26. The van der Waals surface area contributed by atoms with Gasteiger partial charge in [0.2, 0.25) is 0 Å².